The third kappa shape index (κ3) is 5.15. The van der Waals surface area contributed by atoms with E-state index in [1.165, 1.54) is 32.1 Å². The maximum absolute atomic E-state index is 10.8. The van der Waals surface area contributed by atoms with E-state index < -0.39 is 6.23 Å². The number of hydrogen-bond acceptors (Lipinski definition) is 4. The first-order valence-electron chi connectivity index (χ1n) is 6.77. The highest BCUT2D eigenvalue weighted by Crippen LogP contribution is 2.15. The van der Waals surface area contributed by atoms with E-state index >= 15 is 0 Å². The maximum Gasteiger partial charge on any atom is 0.167 e. The number of aldehydes is 1. The van der Waals surface area contributed by atoms with E-state index in [4.69, 9.17) is 9.84 Å². The Hall–Kier alpha value is -0.450. The average Bonchev–Trinajstić information content (AvgIpc) is 2.76. The van der Waals surface area contributed by atoms with Crippen LogP contribution < -0.4 is 0 Å². The van der Waals surface area contributed by atoms with Gasteiger partial charge in [0.25, 0.3) is 0 Å². The van der Waals surface area contributed by atoms with Crippen molar-refractivity contribution in [3.05, 3.63) is 0 Å². The largest absolute Gasteiger partial charge is 0.394 e. The number of carbonyl (C=O) groups excluding carboxylic acids is 1. The molecular formula is C13H25NO3. The van der Waals surface area contributed by atoms with Crippen molar-refractivity contribution >= 4 is 6.29 Å². The van der Waals surface area contributed by atoms with Gasteiger partial charge in [-0.2, -0.15) is 0 Å². The fourth-order valence-electron chi connectivity index (χ4n) is 2.22. The zero-order valence-corrected chi connectivity index (χ0v) is 10.8. The molecule has 1 N–H and O–H groups in total. The number of aliphatic hydroxyl groups is 1. The Labute approximate surface area is 104 Å². The summed E-state index contributed by atoms with van der Waals surface area (Å²) in [4.78, 5) is 12.8. The van der Waals surface area contributed by atoms with Gasteiger partial charge in [0.15, 0.2) is 12.5 Å². The van der Waals surface area contributed by atoms with Crippen LogP contribution in [0.1, 0.15) is 45.4 Å². The molecule has 0 aromatic heterocycles. The Kier molecular flexibility index (Phi) is 7.40. The highest BCUT2D eigenvalue weighted by Gasteiger charge is 2.31. The van der Waals surface area contributed by atoms with Crippen LogP contribution in [0, 0.1) is 0 Å². The van der Waals surface area contributed by atoms with Crippen molar-refractivity contribution in [2.75, 3.05) is 19.7 Å². The molecule has 1 rings (SSSR count). The van der Waals surface area contributed by atoms with Crippen LogP contribution >= 0.6 is 0 Å². The molecule has 1 unspecified atom stereocenters. The molecule has 1 aliphatic heterocycles. The molecular weight excluding hydrogens is 218 g/mol. The molecule has 2 atom stereocenters. The second-order valence-corrected chi connectivity index (χ2v) is 4.73. The second-order valence-electron chi connectivity index (χ2n) is 4.73. The Bertz CT molecular complexity index is 211. The molecule has 4 nitrogen and oxygen atoms in total. The number of hydrogen-bond donors (Lipinski definition) is 1. The van der Waals surface area contributed by atoms with E-state index in [0.717, 1.165) is 19.3 Å². The van der Waals surface area contributed by atoms with Crippen molar-refractivity contribution in [1.82, 2.24) is 4.90 Å². The Morgan fingerprint density at radius 3 is 2.65 bits per heavy atom. The summed E-state index contributed by atoms with van der Waals surface area (Å²) in [5.74, 6) is 0. The van der Waals surface area contributed by atoms with Gasteiger partial charge in [0.1, 0.15) is 0 Å². The number of carbonyl (C=O) groups is 1. The number of aliphatic hydroxyl groups excluding tert-OH is 1. The molecule has 4 heteroatoms. The minimum absolute atomic E-state index is 0.00264. The van der Waals surface area contributed by atoms with E-state index in [9.17, 15) is 4.79 Å². The highest BCUT2D eigenvalue weighted by molar-refractivity contribution is 5.55. The van der Waals surface area contributed by atoms with Gasteiger partial charge >= 0.3 is 0 Å². The van der Waals surface area contributed by atoms with Gasteiger partial charge in [-0.05, 0) is 6.42 Å². The fourth-order valence-corrected chi connectivity index (χ4v) is 2.22. The highest BCUT2D eigenvalue weighted by atomic mass is 16.5. The van der Waals surface area contributed by atoms with E-state index in [1.54, 1.807) is 0 Å². The van der Waals surface area contributed by atoms with Crippen molar-refractivity contribution in [1.29, 1.82) is 0 Å². The molecule has 0 aromatic carbocycles. The van der Waals surface area contributed by atoms with Crippen molar-refractivity contribution in [2.45, 2.75) is 57.8 Å². The van der Waals surface area contributed by atoms with E-state index in [-0.39, 0.29) is 12.7 Å². The minimum Gasteiger partial charge on any atom is -0.394 e. The molecule has 0 amide bonds. The molecule has 0 aromatic rings. The van der Waals surface area contributed by atoms with Crippen molar-refractivity contribution in [3.63, 3.8) is 0 Å². The summed E-state index contributed by atoms with van der Waals surface area (Å²) < 4.78 is 5.38. The number of ether oxygens (including phenoxy) is 1. The van der Waals surface area contributed by atoms with Crippen molar-refractivity contribution in [2.24, 2.45) is 0 Å². The summed E-state index contributed by atoms with van der Waals surface area (Å²) in [6.45, 7) is 3.78. The van der Waals surface area contributed by atoms with Crippen LogP contribution in [0.3, 0.4) is 0 Å². The van der Waals surface area contributed by atoms with Crippen LogP contribution in [0.2, 0.25) is 0 Å². The zero-order chi connectivity index (χ0) is 12.5. The number of nitrogens with zero attached hydrogens (tertiary/aromatic N) is 1. The molecule has 100 valence electrons. The molecule has 0 aliphatic carbocycles. The Morgan fingerprint density at radius 2 is 2.00 bits per heavy atom. The maximum atomic E-state index is 10.8. The SMILES string of the molecule is CCCCCCCCN1C[C@@H](CO)OC1C=O. The molecule has 1 aliphatic rings. The van der Waals surface area contributed by atoms with Crippen LogP contribution in [-0.4, -0.2) is 48.3 Å². The topological polar surface area (TPSA) is 49.8 Å². The Balaban J connectivity index is 2.11. The summed E-state index contributed by atoms with van der Waals surface area (Å²) >= 11 is 0. The van der Waals surface area contributed by atoms with Crippen molar-refractivity contribution in [3.8, 4) is 0 Å². The van der Waals surface area contributed by atoms with E-state index in [2.05, 4.69) is 6.92 Å². The third-order valence-corrected chi connectivity index (χ3v) is 3.25. The van der Waals surface area contributed by atoms with E-state index in [0.29, 0.717) is 6.54 Å². The van der Waals surface area contributed by atoms with Gasteiger partial charge in [-0.25, -0.2) is 0 Å². The second kappa shape index (κ2) is 8.61. The minimum atomic E-state index is -0.442. The standard InChI is InChI=1S/C13H25NO3/c1-2-3-4-5-6-7-8-14-9-12(10-15)17-13(14)11-16/h11-13,15H,2-10H2,1H3/t12-,13?/m0/s1. The van der Waals surface area contributed by atoms with Gasteiger partial charge in [-0.15, -0.1) is 0 Å². The van der Waals surface area contributed by atoms with Crippen molar-refractivity contribution < 1.29 is 14.6 Å². The predicted molar refractivity (Wildman–Crippen MR) is 66.8 cm³/mol. The number of unbranched alkanes of at least 4 members (excludes halogenated alkanes) is 5. The van der Waals surface area contributed by atoms with Crippen LogP contribution in [0.5, 0.6) is 0 Å². The molecule has 17 heavy (non-hydrogen) atoms. The Morgan fingerprint density at radius 1 is 1.29 bits per heavy atom. The van der Waals surface area contributed by atoms with Gasteiger partial charge in [-0.1, -0.05) is 39.0 Å². The normalized spacial score (nSPS) is 25.3. The zero-order valence-electron chi connectivity index (χ0n) is 10.8. The van der Waals surface area contributed by atoms with Gasteiger partial charge in [0, 0.05) is 13.1 Å². The van der Waals surface area contributed by atoms with Crippen LogP contribution in [0.15, 0.2) is 0 Å². The van der Waals surface area contributed by atoms with Gasteiger partial charge in [0.2, 0.25) is 0 Å². The molecule has 1 fully saturated rings. The first-order valence-corrected chi connectivity index (χ1v) is 6.77. The quantitative estimate of drug-likeness (QED) is 0.493. The van der Waals surface area contributed by atoms with Gasteiger partial charge in [0.05, 0.1) is 12.7 Å². The lowest BCUT2D eigenvalue weighted by molar-refractivity contribution is -0.124. The number of rotatable bonds is 9. The molecule has 0 saturated carbocycles. The van der Waals surface area contributed by atoms with Crippen LogP contribution in [-0.2, 0) is 9.53 Å². The summed E-state index contributed by atoms with van der Waals surface area (Å²) in [5, 5.41) is 9.00. The van der Waals surface area contributed by atoms with Gasteiger partial charge < -0.3 is 9.84 Å². The smallest absolute Gasteiger partial charge is 0.167 e. The predicted octanol–water partition coefficient (Wildman–Crippen LogP) is 1.56. The first-order chi connectivity index (χ1) is 8.31. The van der Waals surface area contributed by atoms with Crippen LogP contribution in [0.25, 0.3) is 0 Å². The summed E-state index contributed by atoms with van der Waals surface area (Å²) in [7, 11) is 0. The van der Waals surface area contributed by atoms with Gasteiger partial charge in [-0.3, -0.25) is 9.69 Å². The lowest BCUT2D eigenvalue weighted by Gasteiger charge is -2.17. The lowest BCUT2D eigenvalue weighted by Crippen LogP contribution is -2.32. The summed E-state index contributed by atoms with van der Waals surface area (Å²) in [6, 6.07) is 0. The molecule has 1 saturated heterocycles. The fraction of sp³-hybridized carbons (Fsp3) is 0.923. The monoisotopic (exact) mass is 243 g/mol. The molecule has 0 spiro atoms. The average molecular weight is 243 g/mol. The summed E-state index contributed by atoms with van der Waals surface area (Å²) in [6.07, 6.45) is 7.69. The van der Waals surface area contributed by atoms with E-state index in [1.807, 2.05) is 4.90 Å². The van der Waals surface area contributed by atoms with Crippen LogP contribution in [0.4, 0.5) is 0 Å². The third-order valence-electron chi connectivity index (χ3n) is 3.25. The molecule has 0 bridgehead atoms. The first kappa shape index (κ1) is 14.6. The molecule has 1 heterocycles. The summed E-state index contributed by atoms with van der Waals surface area (Å²) in [5.41, 5.74) is 0. The molecule has 0 radical (unpaired) electrons. The lowest BCUT2D eigenvalue weighted by atomic mass is 10.1.